The molecule has 0 N–H and O–H groups in total. The van der Waals surface area contributed by atoms with Crippen LogP contribution in [-0.4, -0.2) is 26.8 Å². The van der Waals surface area contributed by atoms with Crippen molar-refractivity contribution >= 4 is 33.2 Å². The number of nitrogens with zero attached hydrogens (tertiary/aromatic N) is 2. The van der Waals surface area contributed by atoms with Crippen molar-refractivity contribution in [3.05, 3.63) is 66.2 Å². The van der Waals surface area contributed by atoms with E-state index in [0.717, 1.165) is 12.8 Å². The van der Waals surface area contributed by atoms with Crippen LogP contribution in [0.3, 0.4) is 0 Å². The molecule has 32 heavy (non-hydrogen) atoms. The molecule has 1 aliphatic heterocycles. The van der Waals surface area contributed by atoms with E-state index in [0.29, 0.717) is 16.9 Å². The van der Waals surface area contributed by atoms with Crippen LogP contribution < -0.4 is 9.21 Å². The number of carbonyl (C=O) groups excluding carboxylic acids is 2. The third-order valence-electron chi connectivity index (χ3n) is 7.09. The van der Waals surface area contributed by atoms with Gasteiger partial charge in [0, 0.05) is 6.54 Å². The minimum atomic E-state index is -3.89. The van der Waals surface area contributed by atoms with Gasteiger partial charge in [-0.2, -0.15) is 0 Å². The number of sulfonamides is 1. The fourth-order valence-electron chi connectivity index (χ4n) is 5.54. The summed E-state index contributed by atoms with van der Waals surface area (Å²) in [6.07, 6.45) is 6.00. The molecule has 0 aromatic heterocycles. The van der Waals surface area contributed by atoms with Crippen LogP contribution in [0.4, 0.5) is 11.4 Å². The summed E-state index contributed by atoms with van der Waals surface area (Å²) in [6.45, 7) is 3.77. The number of anilines is 2. The number of hydrogen-bond acceptors (Lipinski definition) is 4. The lowest BCUT2D eigenvalue weighted by Gasteiger charge is -2.38. The van der Waals surface area contributed by atoms with Gasteiger partial charge in [-0.3, -0.25) is 13.9 Å². The predicted molar refractivity (Wildman–Crippen MR) is 123 cm³/mol. The summed E-state index contributed by atoms with van der Waals surface area (Å²) < 4.78 is 28.6. The molecule has 3 aliphatic carbocycles. The van der Waals surface area contributed by atoms with Crippen molar-refractivity contribution < 1.29 is 18.0 Å². The van der Waals surface area contributed by atoms with Gasteiger partial charge < -0.3 is 0 Å². The molecule has 1 saturated carbocycles. The zero-order valence-electron chi connectivity index (χ0n) is 18.1. The van der Waals surface area contributed by atoms with E-state index in [9.17, 15) is 18.0 Å². The molecule has 6 nitrogen and oxygen atoms in total. The molecule has 166 valence electrons. The molecule has 1 saturated heterocycles. The number of hydrogen-bond donors (Lipinski definition) is 0. The molecule has 0 unspecified atom stereocenters. The van der Waals surface area contributed by atoms with Gasteiger partial charge >= 0.3 is 0 Å². The van der Waals surface area contributed by atoms with Crippen LogP contribution in [0.5, 0.6) is 0 Å². The third kappa shape index (κ3) is 3.02. The minimum Gasteiger partial charge on any atom is -0.274 e. The lowest BCUT2D eigenvalue weighted by Crippen LogP contribution is -2.38. The highest BCUT2D eigenvalue weighted by Crippen LogP contribution is 2.50. The van der Waals surface area contributed by atoms with Crippen LogP contribution in [0.2, 0.25) is 0 Å². The second kappa shape index (κ2) is 7.59. The Balaban J connectivity index is 1.55. The molecular formula is C25H26N2O4S. The minimum absolute atomic E-state index is 0.0914. The van der Waals surface area contributed by atoms with E-state index in [1.165, 1.54) is 15.3 Å². The Kier molecular flexibility index (Phi) is 4.97. The number of amides is 2. The summed E-state index contributed by atoms with van der Waals surface area (Å²) in [6, 6.07) is 13.8. The Bertz CT molecular complexity index is 1190. The summed E-state index contributed by atoms with van der Waals surface area (Å²) in [4.78, 5) is 28.0. The van der Waals surface area contributed by atoms with E-state index in [4.69, 9.17) is 0 Å². The number of fused-ring (bicyclic) bond motifs is 1. The first-order valence-corrected chi connectivity index (χ1v) is 12.5. The molecule has 2 aromatic carbocycles. The van der Waals surface area contributed by atoms with Crippen LogP contribution in [0.25, 0.3) is 0 Å². The standard InChI is InChI=1S/C25H26N2O4S/c1-3-26(19-7-5-4-6-8-19)32(30,31)21-15-20(14-9-16(21)2)27-24(28)22-17-10-11-18(13-12-17)23(22)25(27)29/h4-11,14-15,17-18,22-23H,3,12-13H2,1-2H3/t17-,18+,22-,23+. The fraction of sp³-hybridized carbons (Fsp3) is 0.360. The predicted octanol–water partition coefficient (Wildman–Crippen LogP) is 3.91. The number of aryl methyl sites for hydroxylation is 1. The molecule has 2 bridgehead atoms. The quantitative estimate of drug-likeness (QED) is 0.511. The molecule has 0 radical (unpaired) electrons. The molecule has 7 heteroatoms. The molecule has 2 fully saturated rings. The van der Waals surface area contributed by atoms with Gasteiger partial charge in [-0.15, -0.1) is 0 Å². The van der Waals surface area contributed by atoms with Crippen molar-refractivity contribution in [1.82, 2.24) is 0 Å². The van der Waals surface area contributed by atoms with Crippen LogP contribution in [0, 0.1) is 30.6 Å². The second-order valence-corrected chi connectivity index (χ2v) is 10.6. The van der Waals surface area contributed by atoms with Crippen LogP contribution >= 0.6 is 0 Å². The largest absolute Gasteiger partial charge is 0.274 e. The fourth-order valence-corrected chi connectivity index (χ4v) is 7.26. The topological polar surface area (TPSA) is 74.8 Å². The molecule has 6 rings (SSSR count). The normalized spacial score (nSPS) is 26.5. The molecule has 4 atom stereocenters. The van der Waals surface area contributed by atoms with Gasteiger partial charge in [0.05, 0.1) is 28.1 Å². The summed E-state index contributed by atoms with van der Waals surface area (Å²) in [7, 11) is -3.89. The van der Waals surface area contributed by atoms with E-state index in [2.05, 4.69) is 12.2 Å². The Morgan fingerprint density at radius 3 is 2.06 bits per heavy atom. The summed E-state index contributed by atoms with van der Waals surface area (Å²) in [5.74, 6) is -0.890. The van der Waals surface area contributed by atoms with Gasteiger partial charge in [-0.05, 0) is 68.4 Å². The third-order valence-corrected chi connectivity index (χ3v) is 9.13. The Labute approximate surface area is 188 Å². The molecule has 0 spiro atoms. The van der Waals surface area contributed by atoms with E-state index in [1.54, 1.807) is 50.2 Å². The van der Waals surface area contributed by atoms with Crippen molar-refractivity contribution in [3.63, 3.8) is 0 Å². The smallest absolute Gasteiger partial charge is 0.264 e. The lowest BCUT2D eigenvalue weighted by molar-refractivity contribution is -0.124. The summed E-state index contributed by atoms with van der Waals surface area (Å²) >= 11 is 0. The summed E-state index contributed by atoms with van der Waals surface area (Å²) in [5.41, 5.74) is 1.48. The second-order valence-electron chi connectivity index (χ2n) is 8.81. The molecule has 4 aliphatic rings. The maximum atomic E-state index is 13.6. The molecule has 2 amide bonds. The van der Waals surface area contributed by atoms with Crippen molar-refractivity contribution in [1.29, 1.82) is 0 Å². The van der Waals surface area contributed by atoms with Gasteiger partial charge in [-0.1, -0.05) is 36.4 Å². The maximum Gasteiger partial charge on any atom is 0.264 e. The SMILES string of the molecule is CCN(c1ccccc1)S(=O)(=O)c1cc(N2C(=O)[C@@H]3[C@H](C2=O)[C@@H]2C=C[C@H]3CC2)ccc1C. The Morgan fingerprint density at radius 2 is 1.53 bits per heavy atom. The Morgan fingerprint density at radius 1 is 0.938 bits per heavy atom. The van der Waals surface area contributed by atoms with Crippen molar-refractivity contribution in [2.75, 3.05) is 15.7 Å². The average molecular weight is 451 g/mol. The molecule has 2 aromatic rings. The number of imide groups is 1. The van der Waals surface area contributed by atoms with Crippen molar-refractivity contribution in [3.8, 4) is 0 Å². The zero-order valence-corrected chi connectivity index (χ0v) is 19.0. The highest BCUT2D eigenvalue weighted by atomic mass is 32.2. The lowest BCUT2D eigenvalue weighted by atomic mass is 9.63. The van der Waals surface area contributed by atoms with Crippen LogP contribution in [-0.2, 0) is 19.6 Å². The number of carbonyl (C=O) groups is 2. The molecular weight excluding hydrogens is 424 g/mol. The first kappa shape index (κ1) is 20.9. The van der Waals surface area contributed by atoms with Crippen LogP contribution in [0.15, 0.2) is 65.6 Å². The number of allylic oxidation sites excluding steroid dienone is 2. The van der Waals surface area contributed by atoms with E-state index in [-0.39, 0.29) is 46.9 Å². The maximum absolute atomic E-state index is 13.6. The number of benzene rings is 2. The number of para-hydroxylation sites is 1. The highest BCUT2D eigenvalue weighted by molar-refractivity contribution is 7.92. The van der Waals surface area contributed by atoms with Gasteiger partial charge in [0.15, 0.2) is 0 Å². The van der Waals surface area contributed by atoms with Crippen molar-refractivity contribution in [2.24, 2.45) is 23.7 Å². The van der Waals surface area contributed by atoms with Gasteiger partial charge in [0.25, 0.3) is 10.0 Å². The van der Waals surface area contributed by atoms with E-state index in [1.807, 2.05) is 6.07 Å². The van der Waals surface area contributed by atoms with Gasteiger partial charge in [-0.25, -0.2) is 13.3 Å². The Hall–Kier alpha value is -2.93. The van der Waals surface area contributed by atoms with E-state index < -0.39 is 10.0 Å². The van der Waals surface area contributed by atoms with Crippen LogP contribution in [0.1, 0.15) is 25.3 Å². The van der Waals surface area contributed by atoms with E-state index >= 15 is 0 Å². The van der Waals surface area contributed by atoms with Gasteiger partial charge in [0.2, 0.25) is 11.8 Å². The first-order valence-electron chi connectivity index (χ1n) is 11.1. The molecule has 1 heterocycles. The van der Waals surface area contributed by atoms with Crippen molar-refractivity contribution in [2.45, 2.75) is 31.6 Å². The monoisotopic (exact) mass is 450 g/mol. The number of rotatable bonds is 5. The highest BCUT2D eigenvalue weighted by Gasteiger charge is 2.57. The summed E-state index contributed by atoms with van der Waals surface area (Å²) in [5, 5.41) is 0. The van der Waals surface area contributed by atoms with Gasteiger partial charge in [0.1, 0.15) is 0 Å². The average Bonchev–Trinajstić information content (AvgIpc) is 3.08. The first-order chi connectivity index (χ1) is 15.3. The zero-order chi connectivity index (χ0) is 22.6.